The van der Waals surface area contributed by atoms with Crippen LogP contribution in [0.25, 0.3) is 6.08 Å². The Morgan fingerprint density at radius 1 is 1.15 bits per heavy atom. The van der Waals surface area contributed by atoms with Gasteiger partial charge < -0.3 is 14.4 Å². The van der Waals surface area contributed by atoms with Crippen molar-refractivity contribution in [2.24, 2.45) is 0 Å². The lowest BCUT2D eigenvalue weighted by Crippen LogP contribution is -2.30. The summed E-state index contributed by atoms with van der Waals surface area (Å²) in [5.74, 6) is -0.177. The summed E-state index contributed by atoms with van der Waals surface area (Å²) < 4.78 is 10.1. The Morgan fingerprint density at radius 3 is 2.58 bits per heavy atom. The number of esters is 1. The van der Waals surface area contributed by atoms with E-state index in [0.717, 1.165) is 11.1 Å². The predicted octanol–water partition coefficient (Wildman–Crippen LogP) is 3.56. The average Bonchev–Trinajstić information content (AvgIpc) is 2.66. The normalized spacial score (nSPS) is 10.6. The number of nitrogens with zero attached hydrogens (tertiary/aromatic N) is 1. The molecule has 6 heteroatoms. The van der Waals surface area contributed by atoms with Gasteiger partial charge in [0.25, 0.3) is 5.91 Å². The number of hydrogen-bond acceptors (Lipinski definition) is 4. The number of carbonyl (C=O) groups is 2. The largest absolute Gasteiger partial charge is 0.497 e. The van der Waals surface area contributed by atoms with Crippen LogP contribution < -0.4 is 4.74 Å². The molecule has 0 aliphatic carbocycles. The number of carbonyl (C=O) groups excluding carboxylic acids is 2. The van der Waals surface area contributed by atoms with E-state index in [2.05, 4.69) is 0 Å². The van der Waals surface area contributed by atoms with Gasteiger partial charge in [-0.1, -0.05) is 35.9 Å². The first-order valence-electron chi connectivity index (χ1n) is 7.95. The van der Waals surface area contributed by atoms with Crippen molar-refractivity contribution in [3.05, 3.63) is 70.8 Å². The van der Waals surface area contributed by atoms with Crippen molar-refractivity contribution in [2.45, 2.75) is 6.54 Å². The zero-order valence-corrected chi connectivity index (χ0v) is 15.4. The van der Waals surface area contributed by atoms with Gasteiger partial charge in [0.1, 0.15) is 5.75 Å². The highest BCUT2D eigenvalue weighted by Gasteiger charge is 2.11. The summed E-state index contributed by atoms with van der Waals surface area (Å²) in [6, 6.07) is 14.5. The second-order valence-electron chi connectivity index (χ2n) is 5.59. The third-order valence-corrected chi connectivity index (χ3v) is 3.85. The summed E-state index contributed by atoms with van der Waals surface area (Å²) in [7, 11) is 3.22. The molecule has 0 fully saturated rings. The van der Waals surface area contributed by atoms with E-state index in [1.165, 1.54) is 11.0 Å². The average molecular weight is 374 g/mol. The van der Waals surface area contributed by atoms with Crippen molar-refractivity contribution >= 4 is 29.6 Å². The number of ether oxygens (including phenoxy) is 2. The third kappa shape index (κ3) is 6.26. The molecule has 5 nitrogen and oxygen atoms in total. The van der Waals surface area contributed by atoms with Crippen LogP contribution in [0.15, 0.2) is 54.6 Å². The molecule has 0 radical (unpaired) electrons. The Balaban J connectivity index is 1.81. The molecule has 0 spiro atoms. The molecule has 0 aliphatic rings. The van der Waals surface area contributed by atoms with E-state index in [1.54, 1.807) is 38.4 Å². The fourth-order valence-corrected chi connectivity index (χ4v) is 2.28. The minimum Gasteiger partial charge on any atom is -0.497 e. The molecular weight excluding hydrogens is 354 g/mol. The standard InChI is InChI=1S/C20H20ClNO4/c1-22(13-16-6-9-17(21)10-7-16)19(23)14-26-20(24)11-8-15-4-3-5-18(12-15)25-2/h3-12H,13-14H2,1-2H3/b11-8+. The molecule has 0 unspecified atom stereocenters. The number of benzene rings is 2. The maximum atomic E-state index is 12.1. The molecule has 0 aliphatic heterocycles. The van der Waals surface area contributed by atoms with Crippen LogP contribution in [0.5, 0.6) is 5.75 Å². The van der Waals surface area contributed by atoms with Crippen LogP contribution in [0.1, 0.15) is 11.1 Å². The first-order chi connectivity index (χ1) is 12.5. The van der Waals surface area contributed by atoms with Gasteiger partial charge in [-0.25, -0.2) is 4.79 Å². The van der Waals surface area contributed by atoms with E-state index in [-0.39, 0.29) is 12.5 Å². The highest BCUT2D eigenvalue weighted by atomic mass is 35.5. The highest BCUT2D eigenvalue weighted by molar-refractivity contribution is 6.30. The summed E-state index contributed by atoms with van der Waals surface area (Å²) in [5, 5.41) is 0.638. The molecule has 2 aromatic rings. The van der Waals surface area contributed by atoms with Gasteiger partial charge >= 0.3 is 5.97 Å². The van der Waals surface area contributed by atoms with E-state index in [4.69, 9.17) is 21.1 Å². The zero-order chi connectivity index (χ0) is 18.9. The van der Waals surface area contributed by atoms with Crippen LogP contribution >= 0.6 is 11.6 Å². The molecule has 1 amide bonds. The van der Waals surface area contributed by atoms with Crippen molar-refractivity contribution < 1.29 is 19.1 Å². The van der Waals surface area contributed by atoms with Gasteiger partial charge in [-0.3, -0.25) is 4.79 Å². The Kier molecular flexibility index (Phi) is 7.24. The van der Waals surface area contributed by atoms with Crippen LogP contribution in [-0.2, 0) is 20.9 Å². The molecule has 26 heavy (non-hydrogen) atoms. The van der Waals surface area contributed by atoms with E-state index in [9.17, 15) is 9.59 Å². The van der Waals surface area contributed by atoms with Gasteiger partial charge in [0.05, 0.1) is 7.11 Å². The molecule has 0 heterocycles. The fraction of sp³-hybridized carbons (Fsp3) is 0.200. The summed E-state index contributed by atoms with van der Waals surface area (Å²) in [4.78, 5) is 25.3. The molecule has 0 atom stereocenters. The Hall–Kier alpha value is -2.79. The second-order valence-corrected chi connectivity index (χ2v) is 6.03. The smallest absolute Gasteiger partial charge is 0.331 e. The van der Waals surface area contributed by atoms with Crippen LogP contribution in [0, 0.1) is 0 Å². The molecular formula is C20H20ClNO4. The monoisotopic (exact) mass is 373 g/mol. The van der Waals surface area contributed by atoms with Gasteiger partial charge in [0.2, 0.25) is 0 Å². The van der Waals surface area contributed by atoms with Gasteiger partial charge in [-0.2, -0.15) is 0 Å². The van der Waals surface area contributed by atoms with Crippen molar-refractivity contribution in [3.8, 4) is 5.75 Å². The summed E-state index contributed by atoms with van der Waals surface area (Å²) >= 11 is 5.83. The molecule has 0 N–H and O–H groups in total. The Labute approximate surface area is 157 Å². The first-order valence-corrected chi connectivity index (χ1v) is 8.33. The summed E-state index contributed by atoms with van der Waals surface area (Å²) in [6.07, 6.45) is 2.88. The lowest BCUT2D eigenvalue weighted by molar-refractivity contribution is -0.147. The number of hydrogen-bond donors (Lipinski definition) is 0. The van der Waals surface area contributed by atoms with Gasteiger partial charge in [0, 0.05) is 24.7 Å². The number of likely N-dealkylation sites (N-methyl/N-ethyl adjacent to an activating group) is 1. The number of halogens is 1. The predicted molar refractivity (Wildman–Crippen MR) is 101 cm³/mol. The fourth-order valence-electron chi connectivity index (χ4n) is 2.15. The lowest BCUT2D eigenvalue weighted by atomic mass is 10.2. The topological polar surface area (TPSA) is 55.8 Å². The molecule has 0 aromatic heterocycles. The maximum absolute atomic E-state index is 12.1. The van der Waals surface area contributed by atoms with Crippen LogP contribution in [0.4, 0.5) is 0 Å². The minimum absolute atomic E-state index is 0.289. The zero-order valence-electron chi connectivity index (χ0n) is 14.6. The maximum Gasteiger partial charge on any atom is 0.331 e. The van der Waals surface area contributed by atoms with Gasteiger partial charge in [-0.05, 0) is 41.5 Å². The van der Waals surface area contributed by atoms with Crippen molar-refractivity contribution in [1.82, 2.24) is 4.90 Å². The van der Waals surface area contributed by atoms with E-state index in [1.807, 2.05) is 30.3 Å². The number of methoxy groups -OCH3 is 1. The molecule has 0 bridgehead atoms. The van der Waals surface area contributed by atoms with Crippen LogP contribution in [0.3, 0.4) is 0 Å². The van der Waals surface area contributed by atoms with Crippen molar-refractivity contribution in [1.29, 1.82) is 0 Å². The Morgan fingerprint density at radius 2 is 1.88 bits per heavy atom. The third-order valence-electron chi connectivity index (χ3n) is 3.60. The lowest BCUT2D eigenvalue weighted by Gasteiger charge is -2.17. The van der Waals surface area contributed by atoms with E-state index >= 15 is 0 Å². The molecule has 2 rings (SSSR count). The van der Waals surface area contributed by atoms with Crippen molar-refractivity contribution in [3.63, 3.8) is 0 Å². The van der Waals surface area contributed by atoms with Crippen molar-refractivity contribution in [2.75, 3.05) is 20.8 Å². The molecule has 136 valence electrons. The van der Waals surface area contributed by atoms with Gasteiger partial charge in [0.15, 0.2) is 6.61 Å². The number of rotatable bonds is 7. The van der Waals surface area contributed by atoms with E-state index in [0.29, 0.717) is 17.3 Å². The minimum atomic E-state index is -0.582. The molecule has 0 saturated carbocycles. The molecule has 2 aromatic carbocycles. The second kappa shape index (κ2) is 9.63. The van der Waals surface area contributed by atoms with Gasteiger partial charge in [-0.15, -0.1) is 0 Å². The summed E-state index contributed by atoms with van der Waals surface area (Å²) in [5.41, 5.74) is 1.74. The quantitative estimate of drug-likeness (QED) is 0.550. The molecule has 0 saturated heterocycles. The van der Waals surface area contributed by atoms with Crippen LogP contribution in [0.2, 0.25) is 5.02 Å². The SMILES string of the molecule is COc1cccc(/C=C/C(=O)OCC(=O)N(C)Cc2ccc(Cl)cc2)c1. The Bertz CT molecular complexity index is 787. The number of amides is 1. The summed E-state index contributed by atoms with van der Waals surface area (Å²) in [6.45, 7) is 0.0958. The van der Waals surface area contributed by atoms with E-state index < -0.39 is 5.97 Å². The first kappa shape index (κ1) is 19.5. The van der Waals surface area contributed by atoms with Crippen LogP contribution in [-0.4, -0.2) is 37.5 Å². The highest BCUT2D eigenvalue weighted by Crippen LogP contribution is 2.14.